The molecule has 0 unspecified atom stereocenters. The average Bonchev–Trinajstić information content (AvgIpc) is 3.05. The molecule has 0 aromatic heterocycles. The Bertz CT molecular complexity index is 803. The van der Waals surface area contributed by atoms with E-state index in [1.165, 1.54) is 17.0 Å². The molecule has 0 N–H and O–H groups in total. The van der Waals surface area contributed by atoms with Crippen LogP contribution >= 0.6 is 11.6 Å². The fourth-order valence-corrected chi connectivity index (χ4v) is 3.26. The number of hydrogen-bond donors (Lipinski definition) is 0. The van der Waals surface area contributed by atoms with Crippen LogP contribution in [0.2, 0.25) is 5.02 Å². The van der Waals surface area contributed by atoms with Crippen LogP contribution in [0.15, 0.2) is 42.5 Å². The maximum atomic E-state index is 13.9. The molecule has 0 spiro atoms. The zero-order valence-corrected chi connectivity index (χ0v) is 15.3. The number of carbonyl (C=O) groups excluding carboxylic acids is 2. The van der Waals surface area contributed by atoms with Crippen molar-refractivity contribution in [1.29, 1.82) is 0 Å². The smallest absolute Gasteiger partial charge is 0.227 e. The fourth-order valence-electron chi connectivity index (χ4n) is 3.03. The van der Waals surface area contributed by atoms with Crippen LogP contribution in [0.25, 0.3) is 0 Å². The normalized spacial score (nSPS) is 14.0. The highest BCUT2D eigenvalue weighted by Crippen LogP contribution is 2.23. The molecule has 1 aliphatic rings. The summed E-state index contributed by atoms with van der Waals surface area (Å²) in [6.07, 6.45) is 1.67. The minimum absolute atomic E-state index is 0.116. The van der Waals surface area contributed by atoms with Gasteiger partial charge in [0.25, 0.3) is 0 Å². The summed E-state index contributed by atoms with van der Waals surface area (Å²) in [6, 6.07) is 11.9. The number of nitrogens with zero attached hydrogens (tertiary/aromatic N) is 2. The van der Waals surface area contributed by atoms with Crippen molar-refractivity contribution < 1.29 is 14.0 Å². The Morgan fingerprint density at radius 3 is 2.58 bits per heavy atom. The maximum Gasteiger partial charge on any atom is 0.227 e. The molecule has 2 aromatic carbocycles. The summed E-state index contributed by atoms with van der Waals surface area (Å²) in [5.41, 5.74) is 2.01. The van der Waals surface area contributed by atoms with Gasteiger partial charge in [0.05, 0.1) is 6.42 Å². The van der Waals surface area contributed by atoms with Crippen LogP contribution in [0.4, 0.5) is 10.1 Å². The van der Waals surface area contributed by atoms with E-state index in [4.69, 9.17) is 11.6 Å². The predicted molar refractivity (Wildman–Crippen MR) is 99.6 cm³/mol. The van der Waals surface area contributed by atoms with Crippen molar-refractivity contribution in [3.05, 3.63) is 64.4 Å². The summed E-state index contributed by atoms with van der Waals surface area (Å²) in [4.78, 5) is 27.4. The van der Waals surface area contributed by atoms with E-state index in [1.54, 1.807) is 18.0 Å². The van der Waals surface area contributed by atoms with Gasteiger partial charge in [-0.1, -0.05) is 29.8 Å². The van der Waals surface area contributed by atoms with Gasteiger partial charge in [-0.15, -0.1) is 0 Å². The Balaban J connectivity index is 1.63. The molecule has 26 heavy (non-hydrogen) atoms. The molecular formula is C20H20ClFN2O2. The number of likely N-dealkylation sites (N-methyl/N-ethyl adjacent to an activating group) is 1. The van der Waals surface area contributed by atoms with E-state index in [1.807, 2.05) is 24.3 Å². The molecule has 6 heteroatoms. The Morgan fingerprint density at radius 1 is 1.23 bits per heavy atom. The van der Waals surface area contributed by atoms with Crippen molar-refractivity contribution in [2.75, 3.05) is 18.5 Å². The van der Waals surface area contributed by atoms with Crippen LogP contribution in [0.5, 0.6) is 0 Å². The molecule has 1 saturated heterocycles. The fraction of sp³-hybridized carbons (Fsp3) is 0.300. The van der Waals surface area contributed by atoms with Gasteiger partial charge in [-0.25, -0.2) is 4.39 Å². The highest BCUT2D eigenvalue weighted by atomic mass is 35.5. The molecule has 0 radical (unpaired) electrons. The van der Waals surface area contributed by atoms with Gasteiger partial charge in [0.2, 0.25) is 11.8 Å². The lowest BCUT2D eigenvalue weighted by molar-refractivity contribution is -0.129. The average molecular weight is 375 g/mol. The number of amides is 2. The molecule has 1 heterocycles. The van der Waals surface area contributed by atoms with Crippen molar-refractivity contribution in [3.8, 4) is 0 Å². The van der Waals surface area contributed by atoms with Gasteiger partial charge >= 0.3 is 0 Å². The van der Waals surface area contributed by atoms with Crippen molar-refractivity contribution >= 4 is 29.1 Å². The van der Waals surface area contributed by atoms with Crippen LogP contribution < -0.4 is 4.90 Å². The number of carbonyl (C=O) groups is 2. The Morgan fingerprint density at radius 2 is 1.96 bits per heavy atom. The van der Waals surface area contributed by atoms with Gasteiger partial charge in [0, 0.05) is 42.8 Å². The minimum Gasteiger partial charge on any atom is -0.341 e. The largest absolute Gasteiger partial charge is 0.341 e. The first-order chi connectivity index (χ1) is 12.5. The summed E-state index contributed by atoms with van der Waals surface area (Å²) < 4.78 is 13.9. The lowest BCUT2D eigenvalue weighted by Gasteiger charge is -2.19. The lowest BCUT2D eigenvalue weighted by Crippen LogP contribution is -2.28. The van der Waals surface area contributed by atoms with Gasteiger partial charge in [-0.3, -0.25) is 9.59 Å². The lowest BCUT2D eigenvalue weighted by atomic mass is 10.1. The number of halogens is 2. The summed E-state index contributed by atoms with van der Waals surface area (Å²) in [7, 11) is 1.63. The second-order valence-corrected chi connectivity index (χ2v) is 6.85. The summed E-state index contributed by atoms with van der Waals surface area (Å²) in [5, 5.41) is 0.310. The second-order valence-electron chi connectivity index (χ2n) is 6.44. The Hall–Kier alpha value is -2.40. The van der Waals surface area contributed by atoms with E-state index in [-0.39, 0.29) is 24.8 Å². The topological polar surface area (TPSA) is 40.6 Å². The van der Waals surface area contributed by atoms with Crippen LogP contribution in [0, 0.1) is 5.82 Å². The zero-order valence-electron chi connectivity index (χ0n) is 14.5. The second kappa shape index (κ2) is 7.87. The van der Waals surface area contributed by atoms with Crippen LogP contribution in [-0.2, 0) is 22.6 Å². The number of hydrogen-bond acceptors (Lipinski definition) is 2. The van der Waals surface area contributed by atoms with Crippen LogP contribution in [-0.4, -0.2) is 30.3 Å². The van der Waals surface area contributed by atoms with Crippen LogP contribution in [0.3, 0.4) is 0 Å². The molecule has 2 amide bonds. The first kappa shape index (κ1) is 18.4. The van der Waals surface area contributed by atoms with Crippen molar-refractivity contribution in [1.82, 2.24) is 4.90 Å². The third-order valence-corrected chi connectivity index (χ3v) is 4.91. The molecule has 0 bridgehead atoms. The van der Waals surface area contributed by atoms with E-state index in [0.717, 1.165) is 24.2 Å². The van der Waals surface area contributed by atoms with Crippen molar-refractivity contribution in [3.63, 3.8) is 0 Å². The molecule has 3 rings (SSSR count). The number of rotatable bonds is 5. The van der Waals surface area contributed by atoms with Crippen LogP contribution in [0.1, 0.15) is 24.0 Å². The first-order valence-electron chi connectivity index (χ1n) is 8.52. The van der Waals surface area contributed by atoms with E-state index in [9.17, 15) is 14.0 Å². The molecule has 136 valence electrons. The number of anilines is 1. The van der Waals surface area contributed by atoms with Gasteiger partial charge in [0.1, 0.15) is 5.82 Å². The third-order valence-electron chi connectivity index (χ3n) is 4.56. The molecular weight excluding hydrogens is 355 g/mol. The van der Waals surface area contributed by atoms with E-state index >= 15 is 0 Å². The van der Waals surface area contributed by atoms with Gasteiger partial charge in [-0.05, 0) is 36.2 Å². The highest BCUT2D eigenvalue weighted by Gasteiger charge is 2.21. The highest BCUT2D eigenvalue weighted by molar-refractivity contribution is 6.31. The number of benzene rings is 2. The quantitative estimate of drug-likeness (QED) is 0.798. The van der Waals surface area contributed by atoms with Gasteiger partial charge in [-0.2, -0.15) is 0 Å². The van der Waals surface area contributed by atoms with Crippen molar-refractivity contribution in [2.24, 2.45) is 0 Å². The SMILES string of the molecule is CN(Cc1c(F)cccc1Cl)C(=O)Cc1ccc(N2CCCC2=O)cc1. The first-order valence-corrected chi connectivity index (χ1v) is 8.89. The standard InChI is InChI=1S/C20H20ClFN2O2/c1-23(13-16-17(21)4-2-5-18(16)22)20(26)12-14-7-9-15(10-8-14)24-11-3-6-19(24)25/h2,4-5,7-10H,3,6,11-13H2,1H3. The Labute approximate surface area is 157 Å². The monoisotopic (exact) mass is 374 g/mol. The zero-order chi connectivity index (χ0) is 18.7. The Kier molecular flexibility index (Phi) is 5.57. The van der Waals surface area contributed by atoms with Crippen molar-refractivity contribution in [2.45, 2.75) is 25.8 Å². The third kappa shape index (κ3) is 4.05. The predicted octanol–water partition coefficient (Wildman–Crippen LogP) is 3.81. The summed E-state index contributed by atoms with van der Waals surface area (Å²) in [6.45, 7) is 0.855. The molecule has 1 aliphatic heterocycles. The van der Waals surface area contributed by atoms with Gasteiger partial charge < -0.3 is 9.80 Å². The van der Waals surface area contributed by atoms with E-state index in [2.05, 4.69) is 0 Å². The molecule has 0 atom stereocenters. The minimum atomic E-state index is -0.420. The van der Waals surface area contributed by atoms with E-state index in [0.29, 0.717) is 17.0 Å². The summed E-state index contributed by atoms with van der Waals surface area (Å²) in [5.74, 6) is -0.415. The molecule has 4 nitrogen and oxygen atoms in total. The van der Waals surface area contributed by atoms with Gasteiger partial charge in [0.15, 0.2) is 0 Å². The summed E-state index contributed by atoms with van der Waals surface area (Å²) >= 11 is 6.02. The molecule has 0 saturated carbocycles. The molecule has 2 aromatic rings. The molecule has 1 fully saturated rings. The molecule has 0 aliphatic carbocycles. The van der Waals surface area contributed by atoms with E-state index < -0.39 is 5.82 Å². The maximum absolute atomic E-state index is 13.9.